The Kier molecular flexibility index (Phi) is 5.52. The van der Waals surface area contributed by atoms with Gasteiger partial charge in [0.15, 0.2) is 0 Å². The van der Waals surface area contributed by atoms with E-state index in [4.69, 9.17) is 0 Å². The molecule has 21 heavy (non-hydrogen) atoms. The van der Waals surface area contributed by atoms with Crippen molar-refractivity contribution in [2.24, 2.45) is 5.92 Å². The fraction of sp³-hybridized carbons (Fsp3) is 0.643. The van der Waals surface area contributed by atoms with E-state index in [-0.39, 0.29) is 10.6 Å². The smallest absolute Gasteiger partial charge is 0.291 e. The van der Waals surface area contributed by atoms with E-state index in [2.05, 4.69) is 38.1 Å². The molecule has 1 aromatic rings. The number of aromatic nitrogens is 1. The van der Waals surface area contributed by atoms with E-state index < -0.39 is 0 Å². The number of nitrogens with one attached hydrogen (secondary N) is 1. The molecule has 0 unspecified atom stereocenters. The summed E-state index contributed by atoms with van der Waals surface area (Å²) in [5, 5.41) is 14.3. The Bertz CT molecular complexity index is 518. The van der Waals surface area contributed by atoms with Crippen LogP contribution in [0.3, 0.4) is 0 Å². The summed E-state index contributed by atoms with van der Waals surface area (Å²) < 4.78 is 0.729. The number of anilines is 1. The summed E-state index contributed by atoms with van der Waals surface area (Å²) in [4.78, 5) is 17.1. The van der Waals surface area contributed by atoms with Crippen molar-refractivity contribution in [1.82, 2.24) is 10.3 Å². The monoisotopic (exact) mass is 356 g/mol. The first-order valence-corrected chi connectivity index (χ1v) is 8.09. The molecule has 1 fully saturated rings. The van der Waals surface area contributed by atoms with Crippen LogP contribution in [0.15, 0.2) is 10.7 Å². The van der Waals surface area contributed by atoms with E-state index in [1.165, 1.54) is 19.0 Å². The van der Waals surface area contributed by atoms with Crippen molar-refractivity contribution in [3.8, 4) is 0 Å². The Balaban J connectivity index is 2.21. The summed E-state index contributed by atoms with van der Waals surface area (Å²) in [7, 11) is 0. The van der Waals surface area contributed by atoms with Crippen LogP contribution in [0, 0.1) is 23.0 Å². The van der Waals surface area contributed by atoms with Gasteiger partial charge < -0.3 is 10.2 Å². The molecule has 0 bridgehead atoms. The highest BCUT2D eigenvalue weighted by molar-refractivity contribution is 9.10. The molecule has 0 aliphatic carbocycles. The quantitative estimate of drug-likeness (QED) is 0.648. The van der Waals surface area contributed by atoms with Gasteiger partial charge in [0.05, 0.1) is 9.40 Å². The lowest BCUT2D eigenvalue weighted by Gasteiger charge is -2.30. The molecular formula is C14H21BrN4O2. The lowest BCUT2D eigenvalue weighted by atomic mass is 9.97. The van der Waals surface area contributed by atoms with E-state index in [0.717, 1.165) is 36.5 Å². The topological polar surface area (TPSA) is 71.3 Å². The van der Waals surface area contributed by atoms with Crippen molar-refractivity contribution in [3.05, 3.63) is 26.3 Å². The Morgan fingerprint density at radius 1 is 1.52 bits per heavy atom. The maximum absolute atomic E-state index is 11.0. The molecule has 1 aliphatic rings. The lowest BCUT2D eigenvalue weighted by Crippen LogP contribution is -2.36. The summed E-state index contributed by atoms with van der Waals surface area (Å²) in [6.07, 6.45) is 3.70. The molecule has 0 spiro atoms. The van der Waals surface area contributed by atoms with Gasteiger partial charge in [-0.05, 0) is 61.6 Å². The maximum Gasteiger partial charge on any atom is 0.291 e. The Morgan fingerprint density at radius 2 is 2.19 bits per heavy atom. The molecule has 6 nitrogen and oxygen atoms in total. The zero-order valence-electron chi connectivity index (χ0n) is 12.4. The number of pyridine rings is 1. The van der Waals surface area contributed by atoms with Gasteiger partial charge in [-0.3, -0.25) is 10.1 Å². The summed E-state index contributed by atoms with van der Waals surface area (Å²) in [5.74, 6) is 1.45. The second-order valence-electron chi connectivity index (χ2n) is 5.40. The number of nitro groups is 1. The first-order valence-electron chi connectivity index (χ1n) is 7.29. The van der Waals surface area contributed by atoms with Gasteiger partial charge in [0, 0.05) is 18.7 Å². The van der Waals surface area contributed by atoms with Gasteiger partial charge in [-0.2, -0.15) is 0 Å². The molecule has 1 aromatic heterocycles. The minimum Gasteiger partial charge on any atom is -0.356 e. The Hall–Kier alpha value is -1.21. The first-order chi connectivity index (χ1) is 10.0. The van der Waals surface area contributed by atoms with Crippen molar-refractivity contribution in [2.45, 2.75) is 26.7 Å². The molecule has 0 aromatic carbocycles. The summed E-state index contributed by atoms with van der Waals surface area (Å²) in [5.41, 5.74) is 0.692. The predicted octanol–water partition coefficient (Wildman–Crippen LogP) is 2.89. The van der Waals surface area contributed by atoms with Gasteiger partial charge in [0.1, 0.15) is 12.0 Å². The second-order valence-corrected chi connectivity index (χ2v) is 6.19. The number of hydrogen-bond acceptors (Lipinski definition) is 5. The zero-order valence-corrected chi connectivity index (χ0v) is 14.0. The van der Waals surface area contributed by atoms with Gasteiger partial charge in [-0.25, -0.2) is 4.98 Å². The van der Waals surface area contributed by atoms with Gasteiger partial charge in [-0.15, -0.1) is 0 Å². The van der Waals surface area contributed by atoms with Crippen LogP contribution in [0.1, 0.15) is 25.3 Å². The standard InChI is InChI=1S/C14H21BrN4O2/c1-3-18(9-11-4-6-16-7-5-11)14-13(15)10(2)12(8-17-14)19(20)21/h8,11,16H,3-7,9H2,1-2H3. The van der Waals surface area contributed by atoms with Crippen LogP contribution in [0.25, 0.3) is 0 Å². The van der Waals surface area contributed by atoms with Crippen molar-refractivity contribution < 1.29 is 4.92 Å². The fourth-order valence-electron chi connectivity index (χ4n) is 2.70. The molecule has 116 valence electrons. The number of piperidine rings is 1. The summed E-state index contributed by atoms with van der Waals surface area (Å²) >= 11 is 3.48. The SMILES string of the molecule is CCN(CC1CCNCC1)c1ncc([N+](=O)[O-])c(C)c1Br. The lowest BCUT2D eigenvalue weighted by molar-refractivity contribution is -0.385. The highest BCUT2D eigenvalue weighted by Crippen LogP contribution is 2.33. The van der Waals surface area contributed by atoms with Crippen LogP contribution in [-0.2, 0) is 0 Å². The van der Waals surface area contributed by atoms with E-state index in [0.29, 0.717) is 11.5 Å². The molecule has 2 heterocycles. The van der Waals surface area contributed by atoms with Crippen molar-refractivity contribution in [2.75, 3.05) is 31.1 Å². The van der Waals surface area contributed by atoms with Gasteiger partial charge in [0.2, 0.25) is 0 Å². The van der Waals surface area contributed by atoms with Crippen LogP contribution in [-0.4, -0.2) is 36.1 Å². The first kappa shape index (κ1) is 16.2. The minimum absolute atomic E-state index is 0.0588. The van der Waals surface area contributed by atoms with E-state index in [1.807, 2.05) is 0 Å². The molecule has 1 aliphatic heterocycles. The van der Waals surface area contributed by atoms with Gasteiger partial charge >= 0.3 is 0 Å². The molecular weight excluding hydrogens is 336 g/mol. The molecule has 0 atom stereocenters. The van der Waals surface area contributed by atoms with Crippen molar-refractivity contribution >= 4 is 27.4 Å². The number of hydrogen-bond donors (Lipinski definition) is 1. The molecule has 0 amide bonds. The molecule has 1 N–H and O–H groups in total. The third-order valence-electron chi connectivity index (χ3n) is 4.03. The maximum atomic E-state index is 11.0. The van der Waals surface area contributed by atoms with Crippen molar-refractivity contribution in [3.63, 3.8) is 0 Å². The highest BCUT2D eigenvalue weighted by Gasteiger charge is 2.22. The third-order valence-corrected chi connectivity index (χ3v) is 4.98. The highest BCUT2D eigenvalue weighted by atomic mass is 79.9. The average molecular weight is 357 g/mol. The van der Waals surface area contributed by atoms with E-state index in [1.54, 1.807) is 6.92 Å². The average Bonchev–Trinajstić information content (AvgIpc) is 2.48. The number of nitrogens with zero attached hydrogens (tertiary/aromatic N) is 3. The fourth-order valence-corrected chi connectivity index (χ4v) is 3.26. The van der Waals surface area contributed by atoms with Crippen LogP contribution in [0.4, 0.5) is 11.5 Å². The number of rotatable bonds is 5. The van der Waals surface area contributed by atoms with Gasteiger partial charge in [0.25, 0.3) is 5.69 Å². The molecule has 7 heteroatoms. The normalized spacial score (nSPS) is 16.0. The largest absolute Gasteiger partial charge is 0.356 e. The van der Waals surface area contributed by atoms with Crippen LogP contribution >= 0.6 is 15.9 Å². The summed E-state index contributed by atoms with van der Waals surface area (Å²) in [6.45, 7) is 7.76. The summed E-state index contributed by atoms with van der Waals surface area (Å²) in [6, 6.07) is 0. The number of halogens is 1. The van der Waals surface area contributed by atoms with Gasteiger partial charge in [-0.1, -0.05) is 0 Å². The van der Waals surface area contributed by atoms with E-state index in [9.17, 15) is 10.1 Å². The Morgan fingerprint density at radius 3 is 2.76 bits per heavy atom. The minimum atomic E-state index is -0.389. The third kappa shape index (κ3) is 3.71. The van der Waals surface area contributed by atoms with E-state index >= 15 is 0 Å². The molecule has 0 radical (unpaired) electrons. The zero-order chi connectivity index (χ0) is 15.4. The van der Waals surface area contributed by atoms with Crippen LogP contribution in [0.2, 0.25) is 0 Å². The predicted molar refractivity (Wildman–Crippen MR) is 86.8 cm³/mol. The Labute approximate surface area is 133 Å². The molecule has 1 saturated heterocycles. The van der Waals surface area contributed by atoms with Crippen molar-refractivity contribution in [1.29, 1.82) is 0 Å². The van der Waals surface area contributed by atoms with Crippen LogP contribution in [0.5, 0.6) is 0 Å². The molecule has 0 saturated carbocycles. The second kappa shape index (κ2) is 7.17. The molecule has 2 rings (SSSR count). The van der Waals surface area contributed by atoms with Crippen LogP contribution < -0.4 is 10.2 Å².